The van der Waals surface area contributed by atoms with Crippen molar-refractivity contribution in [3.05, 3.63) is 42.7 Å². The van der Waals surface area contributed by atoms with Crippen molar-refractivity contribution in [3.63, 3.8) is 0 Å². The summed E-state index contributed by atoms with van der Waals surface area (Å²) in [7, 11) is 0. The van der Waals surface area contributed by atoms with Crippen molar-refractivity contribution in [2.45, 2.75) is 0 Å². The Balaban J connectivity index is 2.57. The van der Waals surface area contributed by atoms with E-state index in [0.29, 0.717) is 0 Å². The monoisotopic (exact) mass is 168 g/mol. The molecule has 0 aromatic heterocycles. The predicted octanol–water partition coefficient (Wildman–Crippen LogP) is 2.67. The number of hydrogen-bond acceptors (Lipinski definition) is 1. The van der Waals surface area contributed by atoms with Crippen LogP contribution >= 0.6 is 0 Å². The van der Waals surface area contributed by atoms with Gasteiger partial charge < -0.3 is 4.98 Å². The molecule has 0 amide bonds. The van der Waals surface area contributed by atoms with Gasteiger partial charge in [-0.05, 0) is 12.1 Å². The van der Waals surface area contributed by atoms with Crippen molar-refractivity contribution in [2.24, 2.45) is 0 Å². The molecule has 0 saturated heterocycles. The van der Waals surface area contributed by atoms with E-state index in [9.17, 15) is 0 Å². The molecule has 2 aliphatic heterocycles. The molecule has 2 aliphatic rings. The van der Waals surface area contributed by atoms with Gasteiger partial charge in [0.15, 0.2) is 0 Å². The molecule has 2 nitrogen and oxygen atoms in total. The molecule has 0 spiro atoms. The fraction of sp³-hybridized carbons (Fsp3) is 0. The highest BCUT2D eigenvalue weighted by Gasteiger charge is 2.06. The highest BCUT2D eigenvalue weighted by molar-refractivity contribution is 5.94. The van der Waals surface area contributed by atoms with E-state index < -0.39 is 0 Å². The van der Waals surface area contributed by atoms with E-state index >= 15 is 0 Å². The van der Waals surface area contributed by atoms with Gasteiger partial charge in [0.05, 0.1) is 5.69 Å². The van der Waals surface area contributed by atoms with Crippen LogP contribution in [-0.4, -0.2) is 9.97 Å². The lowest BCUT2D eigenvalue weighted by Crippen LogP contribution is -1.83. The Hall–Kier alpha value is -1.83. The maximum absolute atomic E-state index is 4.24. The van der Waals surface area contributed by atoms with Crippen LogP contribution < -0.4 is 0 Å². The van der Waals surface area contributed by atoms with Crippen LogP contribution in [0, 0.1) is 0 Å². The molecule has 0 saturated carbocycles. The van der Waals surface area contributed by atoms with Crippen molar-refractivity contribution >= 4 is 10.9 Å². The van der Waals surface area contributed by atoms with Crippen LogP contribution in [0.4, 0.5) is 0 Å². The molecule has 0 bridgehead atoms. The predicted molar refractivity (Wildman–Crippen MR) is 52.7 cm³/mol. The topological polar surface area (TPSA) is 28.7 Å². The zero-order chi connectivity index (χ0) is 8.67. The first-order valence-corrected chi connectivity index (χ1v) is 4.26. The van der Waals surface area contributed by atoms with Gasteiger partial charge in [0, 0.05) is 28.9 Å². The summed E-state index contributed by atoms with van der Waals surface area (Å²) >= 11 is 0. The van der Waals surface area contributed by atoms with Crippen molar-refractivity contribution in [1.82, 2.24) is 9.97 Å². The van der Waals surface area contributed by atoms with E-state index in [2.05, 4.69) is 22.1 Å². The summed E-state index contributed by atoms with van der Waals surface area (Å²) < 4.78 is 0. The van der Waals surface area contributed by atoms with E-state index in [1.165, 1.54) is 10.9 Å². The molecule has 62 valence electrons. The average molecular weight is 168 g/mol. The van der Waals surface area contributed by atoms with Gasteiger partial charge in [-0.2, -0.15) is 0 Å². The van der Waals surface area contributed by atoms with Crippen LogP contribution in [-0.2, 0) is 0 Å². The third-order valence-electron chi connectivity index (χ3n) is 2.31. The number of hydrogen-bond donors (Lipinski definition) is 1. The summed E-state index contributed by atoms with van der Waals surface area (Å²) in [4.78, 5) is 7.45. The summed E-state index contributed by atoms with van der Waals surface area (Å²) in [6.07, 6.45) is 3.78. The van der Waals surface area contributed by atoms with Crippen LogP contribution in [0.5, 0.6) is 0 Å². The second-order valence-electron chi connectivity index (χ2n) is 3.08. The Labute approximate surface area is 75.6 Å². The standard InChI is InChI=1S/C11H8N2/c1-2-4-10-8(3-1)9-5-6-12-11(9)7-13-10/h1-7,13H. The highest BCUT2D eigenvalue weighted by Crippen LogP contribution is 2.27. The van der Waals surface area contributed by atoms with Gasteiger partial charge in [-0.1, -0.05) is 18.2 Å². The third-order valence-corrected chi connectivity index (χ3v) is 2.31. The van der Waals surface area contributed by atoms with Gasteiger partial charge >= 0.3 is 0 Å². The molecule has 0 radical (unpaired) electrons. The molecule has 2 heteroatoms. The molecule has 0 aliphatic carbocycles. The largest absolute Gasteiger partial charge is 0.359 e. The number of pyridine rings is 1. The lowest BCUT2D eigenvalue weighted by Gasteiger charge is -2.02. The quantitative estimate of drug-likeness (QED) is 0.549. The van der Waals surface area contributed by atoms with Crippen molar-refractivity contribution in [2.75, 3.05) is 0 Å². The fourth-order valence-electron chi connectivity index (χ4n) is 1.68. The van der Waals surface area contributed by atoms with Gasteiger partial charge in [0.1, 0.15) is 0 Å². The van der Waals surface area contributed by atoms with E-state index in [1.807, 2.05) is 30.6 Å². The van der Waals surface area contributed by atoms with Crippen molar-refractivity contribution < 1.29 is 0 Å². The minimum atomic E-state index is 1.03. The Morgan fingerprint density at radius 2 is 2.00 bits per heavy atom. The van der Waals surface area contributed by atoms with E-state index in [-0.39, 0.29) is 0 Å². The van der Waals surface area contributed by atoms with Gasteiger partial charge in [-0.15, -0.1) is 0 Å². The Bertz CT molecular complexity index is 525. The van der Waals surface area contributed by atoms with Gasteiger partial charge in [-0.3, -0.25) is 4.98 Å². The Morgan fingerprint density at radius 3 is 3.00 bits per heavy atom. The zero-order valence-corrected chi connectivity index (χ0v) is 6.99. The molecular formula is C11H8N2. The molecule has 1 aromatic rings. The molecule has 0 atom stereocenters. The van der Waals surface area contributed by atoms with Gasteiger partial charge in [0.25, 0.3) is 0 Å². The number of rotatable bonds is 0. The molecule has 0 fully saturated rings. The summed E-state index contributed by atoms with van der Waals surface area (Å²) in [5.74, 6) is 0. The Morgan fingerprint density at radius 1 is 1.08 bits per heavy atom. The van der Waals surface area contributed by atoms with Gasteiger partial charge in [-0.25, -0.2) is 0 Å². The zero-order valence-electron chi connectivity index (χ0n) is 6.99. The first kappa shape index (κ1) is 6.66. The maximum Gasteiger partial charge on any atom is 0.0869 e. The smallest absolute Gasteiger partial charge is 0.0869 e. The van der Waals surface area contributed by atoms with Crippen molar-refractivity contribution in [3.8, 4) is 11.3 Å². The number of nitrogens with one attached hydrogen (secondary N) is 1. The van der Waals surface area contributed by atoms with E-state index in [1.54, 1.807) is 0 Å². The van der Waals surface area contributed by atoms with Crippen molar-refractivity contribution in [1.29, 1.82) is 0 Å². The lowest BCUT2D eigenvalue weighted by atomic mass is 10.1. The number of para-hydroxylation sites is 1. The minimum absolute atomic E-state index is 1.03. The van der Waals surface area contributed by atoms with Gasteiger partial charge in [0.2, 0.25) is 0 Å². The second-order valence-corrected chi connectivity index (χ2v) is 3.08. The molecular weight excluding hydrogens is 160 g/mol. The Kier molecular flexibility index (Phi) is 1.19. The number of H-pyrrole nitrogens is 1. The number of benzene rings is 1. The van der Waals surface area contributed by atoms with Crippen LogP contribution in [0.1, 0.15) is 0 Å². The fourth-order valence-corrected chi connectivity index (χ4v) is 1.68. The first-order valence-electron chi connectivity index (χ1n) is 4.26. The number of nitrogens with zero attached hydrogens (tertiary/aromatic N) is 1. The van der Waals surface area contributed by atoms with Crippen LogP contribution in [0.2, 0.25) is 0 Å². The summed E-state index contributed by atoms with van der Waals surface area (Å²) in [6.45, 7) is 0. The molecule has 0 unspecified atom stereocenters. The lowest BCUT2D eigenvalue weighted by molar-refractivity contribution is 1.33. The second kappa shape index (κ2) is 2.33. The molecule has 1 N–H and O–H groups in total. The summed E-state index contributed by atoms with van der Waals surface area (Å²) in [5, 5.41) is 1.23. The third kappa shape index (κ3) is 0.855. The molecule has 1 aromatic carbocycles. The number of aromatic nitrogens is 2. The maximum atomic E-state index is 4.24. The summed E-state index contributed by atoms with van der Waals surface area (Å²) in [5.41, 5.74) is 3.40. The molecule has 3 rings (SSSR count). The highest BCUT2D eigenvalue weighted by atomic mass is 14.8. The van der Waals surface area contributed by atoms with Crippen LogP contribution in [0.25, 0.3) is 22.2 Å². The molecule has 13 heavy (non-hydrogen) atoms. The average Bonchev–Trinajstić information content (AvgIpc) is 2.65. The minimum Gasteiger partial charge on any atom is -0.359 e. The van der Waals surface area contributed by atoms with Crippen LogP contribution in [0.3, 0.4) is 0 Å². The first-order chi connectivity index (χ1) is 6.45. The van der Waals surface area contributed by atoms with Crippen LogP contribution in [0.15, 0.2) is 42.7 Å². The SMILES string of the molecule is c1ccc2c3ccnc-3c[nH]c2c1. The normalized spacial score (nSPS) is 11.1. The van der Waals surface area contributed by atoms with E-state index in [4.69, 9.17) is 0 Å². The van der Waals surface area contributed by atoms with E-state index in [0.717, 1.165) is 11.2 Å². The number of fused-ring (bicyclic) bond motifs is 3. The summed E-state index contributed by atoms with van der Waals surface area (Å²) in [6, 6.07) is 10.3. The number of aromatic amines is 1. The molecule has 2 heterocycles.